The molecule has 0 spiro atoms. The van der Waals surface area contributed by atoms with Crippen LogP contribution in [-0.4, -0.2) is 164 Å². The normalized spacial score (nSPS) is 44.6. The molecule has 2 saturated heterocycles. The summed E-state index contributed by atoms with van der Waals surface area (Å²) in [4.78, 5) is 38.7. The molecule has 3 rings (SSSR count). The van der Waals surface area contributed by atoms with Gasteiger partial charge in [0.25, 0.3) is 0 Å². The summed E-state index contributed by atoms with van der Waals surface area (Å²) in [7, 11) is -4.01. The third kappa shape index (κ3) is 7.46. The molecule has 2 aliphatic heterocycles. The van der Waals surface area contributed by atoms with Gasteiger partial charge in [-0.25, -0.2) is 14.5 Å². The molecule has 0 aromatic carbocycles. The Morgan fingerprint density at radius 1 is 0.932 bits per heavy atom. The van der Waals surface area contributed by atoms with Crippen molar-refractivity contribution in [2.45, 2.75) is 98.2 Å². The molecule has 3 fully saturated rings. The van der Waals surface area contributed by atoms with Crippen molar-refractivity contribution in [1.29, 1.82) is 0 Å². The van der Waals surface area contributed by atoms with Gasteiger partial charge in [-0.1, -0.05) is 0 Å². The number of hydrogen-bond donors (Lipinski definition) is 13. The van der Waals surface area contributed by atoms with Gasteiger partial charge in [-0.2, -0.15) is 0 Å². The van der Waals surface area contributed by atoms with E-state index in [0.29, 0.717) is 0 Å². The molecular weight excluding hydrogens is 621 g/mol. The Labute approximate surface area is 249 Å². The lowest BCUT2D eigenvalue weighted by molar-refractivity contribution is -0.314. The predicted octanol–water partition coefficient (Wildman–Crippen LogP) is -8.04. The molecular formula is C21H40N7O15P. The van der Waals surface area contributed by atoms with Gasteiger partial charge in [0.15, 0.2) is 36.4 Å². The monoisotopic (exact) mass is 661 g/mol. The molecule has 2 heterocycles. The Kier molecular flexibility index (Phi) is 11.7. The molecule has 0 bridgehead atoms. The van der Waals surface area contributed by atoms with Crippen LogP contribution in [0, 0.1) is 0 Å². The number of aliphatic imine (C=N–C) groups is 2. The zero-order valence-electron chi connectivity index (χ0n) is 23.5. The van der Waals surface area contributed by atoms with Gasteiger partial charge in [0.05, 0.1) is 18.8 Å². The second-order valence-corrected chi connectivity index (χ2v) is 11.7. The lowest BCUT2D eigenvalue weighted by Crippen LogP contribution is -2.67. The number of phosphoric acid groups is 1. The van der Waals surface area contributed by atoms with Crippen molar-refractivity contribution in [3.05, 3.63) is 0 Å². The summed E-state index contributed by atoms with van der Waals surface area (Å²) in [6.07, 6.45) is -19.1. The lowest BCUT2D eigenvalue weighted by atomic mass is 9.81. The second-order valence-electron chi connectivity index (χ2n) is 10.5. The van der Waals surface area contributed by atoms with Crippen molar-refractivity contribution in [3.63, 3.8) is 0 Å². The topological polar surface area (TPSA) is 383 Å². The van der Waals surface area contributed by atoms with Crippen LogP contribution in [0.3, 0.4) is 0 Å². The number of carbonyl (C=O) groups is 1. The van der Waals surface area contributed by atoms with E-state index < -0.39 is 118 Å². The highest BCUT2D eigenvalue weighted by molar-refractivity contribution is 7.46. The number of nitrogens with two attached hydrogens (primary N) is 4. The quantitative estimate of drug-likeness (QED) is 0.0423. The van der Waals surface area contributed by atoms with Gasteiger partial charge in [0.2, 0.25) is 0 Å². The SMILES string of the molecule is CNC1C(OC2C(OC3C(O)C(OP(=O)(O)O)C(N=C(N)N)C(O)C3N=C(N)N)OC(C)C2(O)C=O)OC(CO)C(O)C1O. The van der Waals surface area contributed by atoms with E-state index in [1.165, 1.54) is 14.0 Å². The number of rotatable bonds is 11. The standard InChI is InChI=1S/C21H40N7O15P/c1-5-21(35,4-30)16(42-17-9(26-2)12(33)10(31)6(3-29)40-17)18(39-5)41-14-7(27-19(22)23)11(32)8(28-20(24)25)15(13(14)34)43-44(36,37)38/h4-18,26,29,31-35H,3H2,1-2H3,(H4,22,23,27)(H4,24,25,28)(H2,36,37,38). The number of likely N-dealkylation sites (N-methyl/N-ethyl adjacent to an activating group) is 1. The van der Waals surface area contributed by atoms with Crippen molar-refractivity contribution in [2.24, 2.45) is 32.9 Å². The summed E-state index contributed by atoms with van der Waals surface area (Å²) >= 11 is 0. The Morgan fingerprint density at radius 2 is 1.50 bits per heavy atom. The fraction of sp³-hybridized carbons (Fsp3) is 0.857. The summed E-state index contributed by atoms with van der Waals surface area (Å²) in [6.45, 7) is 0.503. The Bertz CT molecular complexity index is 1110. The maximum Gasteiger partial charge on any atom is 0.470 e. The highest BCUT2D eigenvalue weighted by atomic mass is 31.2. The van der Waals surface area contributed by atoms with Crippen molar-refractivity contribution in [2.75, 3.05) is 13.7 Å². The van der Waals surface area contributed by atoms with Gasteiger partial charge >= 0.3 is 7.82 Å². The van der Waals surface area contributed by atoms with E-state index in [0.717, 1.165) is 0 Å². The molecule has 0 amide bonds. The molecule has 0 aromatic heterocycles. The highest BCUT2D eigenvalue weighted by Crippen LogP contribution is 2.44. The van der Waals surface area contributed by atoms with Gasteiger partial charge in [-0.15, -0.1) is 0 Å². The summed E-state index contributed by atoms with van der Waals surface area (Å²) < 4.78 is 39.4. The average molecular weight is 662 g/mol. The first-order chi connectivity index (χ1) is 20.4. The molecule has 3 aliphatic rings. The molecule has 17 N–H and O–H groups in total. The summed E-state index contributed by atoms with van der Waals surface area (Å²) in [5.74, 6) is -1.30. The molecule has 22 nitrogen and oxygen atoms in total. The van der Waals surface area contributed by atoms with E-state index in [4.69, 9.17) is 46.4 Å². The van der Waals surface area contributed by atoms with Crippen LogP contribution in [0.2, 0.25) is 0 Å². The van der Waals surface area contributed by atoms with Crippen LogP contribution in [0.4, 0.5) is 0 Å². The minimum Gasteiger partial charge on any atom is -0.394 e. The smallest absolute Gasteiger partial charge is 0.394 e. The molecule has 254 valence electrons. The Hall–Kier alpha value is -2.12. The number of nitrogens with zero attached hydrogens (tertiary/aromatic N) is 2. The van der Waals surface area contributed by atoms with Crippen molar-refractivity contribution in [1.82, 2.24) is 5.32 Å². The van der Waals surface area contributed by atoms with E-state index >= 15 is 0 Å². The number of hydrogen-bond acceptors (Lipinski definition) is 16. The number of nitrogens with one attached hydrogen (secondary N) is 1. The number of ether oxygens (including phenoxy) is 4. The van der Waals surface area contributed by atoms with Gasteiger partial charge in [0, 0.05) is 0 Å². The van der Waals surface area contributed by atoms with Crippen LogP contribution in [0.15, 0.2) is 9.98 Å². The van der Waals surface area contributed by atoms with Crippen molar-refractivity contribution in [3.8, 4) is 0 Å². The molecule has 44 heavy (non-hydrogen) atoms. The fourth-order valence-corrected chi connectivity index (χ4v) is 5.91. The Morgan fingerprint density at radius 3 is 1.98 bits per heavy atom. The van der Waals surface area contributed by atoms with E-state index in [1.807, 2.05) is 0 Å². The number of aliphatic hydroxyl groups is 6. The van der Waals surface area contributed by atoms with Crippen LogP contribution < -0.4 is 28.3 Å². The number of guanidine groups is 2. The summed E-state index contributed by atoms with van der Waals surface area (Å²) in [6, 6.07) is -4.64. The number of phosphoric ester groups is 1. The van der Waals surface area contributed by atoms with Crippen LogP contribution in [-0.2, 0) is 32.8 Å². The number of aliphatic hydroxyl groups excluding tert-OH is 5. The summed E-state index contributed by atoms with van der Waals surface area (Å²) in [5, 5.41) is 66.7. The van der Waals surface area contributed by atoms with Crippen molar-refractivity contribution >= 4 is 26.0 Å². The third-order valence-electron chi connectivity index (χ3n) is 7.57. The van der Waals surface area contributed by atoms with Gasteiger partial charge in [-0.3, -0.25) is 9.32 Å². The van der Waals surface area contributed by atoms with Gasteiger partial charge in [-0.05, 0) is 14.0 Å². The summed E-state index contributed by atoms with van der Waals surface area (Å²) in [5.41, 5.74) is 19.3. The number of aldehydes is 1. The molecule has 0 radical (unpaired) electrons. The maximum absolute atomic E-state index is 12.2. The average Bonchev–Trinajstić information content (AvgIpc) is 3.16. The van der Waals surface area contributed by atoms with Crippen LogP contribution in [0.5, 0.6) is 0 Å². The van der Waals surface area contributed by atoms with Crippen LogP contribution in [0.1, 0.15) is 6.92 Å². The minimum absolute atomic E-state index is 0.0752. The zero-order chi connectivity index (χ0) is 33.3. The third-order valence-corrected chi connectivity index (χ3v) is 8.09. The van der Waals surface area contributed by atoms with E-state index in [-0.39, 0.29) is 6.29 Å². The molecule has 1 aliphatic carbocycles. The first kappa shape index (κ1) is 36.3. The largest absolute Gasteiger partial charge is 0.470 e. The lowest BCUT2D eigenvalue weighted by Gasteiger charge is -2.46. The van der Waals surface area contributed by atoms with E-state index in [1.54, 1.807) is 0 Å². The van der Waals surface area contributed by atoms with E-state index in [2.05, 4.69) is 15.3 Å². The highest BCUT2D eigenvalue weighted by Gasteiger charge is 2.61. The first-order valence-corrected chi connectivity index (χ1v) is 14.7. The Balaban J connectivity index is 2.04. The van der Waals surface area contributed by atoms with Crippen molar-refractivity contribution < 1.29 is 73.3 Å². The van der Waals surface area contributed by atoms with Crippen LogP contribution >= 0.6 is 7.82 Å². The molecule has 15 unspecified atom stereocenters. The molecule has 23 heteroatoms. The predicted molar refractivity (Wildman–Crippen MR) is 144 cm³/mol. The van der Waals surface area contributed by atoms with Gasteiger partial charge in [0.1, 0.15) is 60.9 Å². The zero-order valence-corrected chi connectivity index (χ0v) is 24.3. The van der Waals surface area contributed by atoms with E-state index in [9.17, 15) is 49.8 Å². The fourth-order valence-electron chi connectivity index (χ4n) is 5.34. The minimum atomic E-state index is -5.38. The van der Waals surface area contributed by atoms with Gasteiger partial charge < -0.3 is 87.6 Å². The number of carbonyl (C=O) groups excluding carboxylic acids is 1. The first-order valence-electron chi connectivity index (χ1n) is 13.1. The maximum atomic E-state index is 12.2. The molecule has 15 atom stereocenters. The second kappa shape index (κ2) is 14.1. The van der Waals surface area contributed by atoms with Crippen LogP contribution in [0.25, 0.3) is 0 Å². The molecule has 1 saturated carbocycles. The molecule has 0 aromatic rings.